The van der Waals surface area contributed by atoms with Gasteiger partial charge < -0.3 is 14.4 Å². The van der Waals surface area contributed by atoms with Crippen LogP contribution >= 0.6 is 0 Å². The molecule has 1 aliphatic heterocycles. The molecule has 0 amide bonds. The smallest absolute Gasteiger partial charge is 0.181 e. The molecule has 3 aromatic rings. The first kappa shape index (κ1) is 18.9. The van der Waals surface area contributed by atoms with Crippen LogP contribution in [-0.2, 0) is 16.0 Å². The fourth-order valence-electron chi connectivity index (χ4n) is 3.75. The minimum Gasteiger partial charge on any atom is -0.379 e. The monoisotopic (exact) mass is 384 g/mol. The highest BCUT2D eigenvalue weighted by atomic mass is 16.5. The molecule has 150 valence electrons. The van der Waals surface area contributed by atoms with Crippen molar-refractivity contribution in [2.75, 3.05) is 38.3 Å². The van der Waals surface area contributed by atoms with Crippen molar-refractivity contribution in [2.45, 2.75) is 33.4 Å². The summed E-state index contributed by atoms with van der Waals surface area (Å²) in [5, 5.41) is 4.56. The van der Waals surface area contributed by atoms with Crippen molar-refractivity contribution in [3.05, 3.63) is 30.5 Å². The average molecular weight is 384 g/mol. The average Bonchev–Trinajstić information content (AvgIpc) is 3.29. The number of rotatable bonds is 6. The van der Waals surface area contributed by atoms with E-state index >= 15 is 0 Å². The van der Waals surface area contributed by atoms with Gasteiger partial charge in [0.1, 0.15) is 0 Å². The van der Waals surface area contributed by atoms with Crippen LogP contribution in [0.5, 0.6) is 0 Å². The summed E-state index contributed by atoms with van der Waals surface area (Å²) in [6, 6.07) is 0. The molecule has 0 aliphatic carbocycles. The molecule has 1 atom stereocenters. The molecule has 0 radical (unpaired) electrons. The van der Waals surface area contributed by atoms with Crippen LogP contribution in [-0.4, -0.2) is 63.7 Å². The largest absolute Gasteiger partial charge is 0.379 e. The Labute approximate surface area is 165 Å². The van der Waals surface area contributed by atoms with Crippen molar-refractivity contribution in [1.82, 2.24) is 24.1 Å². The quantitative estimate of drug-likeness (QED) is 0.650. The van der Waals surface area contributed by atoms with E-state index in [0.717, 1.165) is 61.3 Å². The number of aromatic nitrogens is 5. The molecule has 4 rings (SSSR count). The zero-order valence-corrected chi connectivity index (χ0v) is 17.0. The maximum Gasteiger partial charge on any atom is 0.181 e. The van der Waals surface area contributed by atoms with E-state index in [1.54, 1.807) is 7.11 Å². The summed E-state index contributed by atoms with van der Waals surface area (Å²) in [5.41, 5.74) is 3.94. The Bertz CT molecular complexity index is 941. The lowest BCUT2D eigenvalue weighted by molar-refractivity contribution is 0.0483. The molecular formula is C20H28N6O2. The van der Waals surface area contributed by atoms with E-state index in [9.17, 15) is 0 Å². The molecule has 4 heterocycles. The van der Waals surface area contributed by atoms with Gasteiger partial charge in [0.2, 0.25) is 0 Å². The molecule has 0 N–H and O–H groups in total. The number of hydrogen-bond acceptors (Lipinski definition) is 6. The predicted octanol–water partition coefficient (Wildman–Crippen LogP) is 2.41. The minimum atomic E-state index is 0.133. The number of morpholine rings is 1. The van der Waals surface area contributed by atoms with E-state index in [4.69, 9.17) is 14.5 Å². The predicted molar refractivity (Wildman–Crippen MR) is 108 cm³/mol. The highest BCUT2D eigenvalue weighted by Crippen LogP contribution is 2.28. The summed E-state index contributed by atoms with van der Waals surface area (Å²) >= 11 is 0. The van der Waals surface area contributed by atoms with Crippen molar-refractivity contribution in [3.8, 4) is 11.3 Å². The second-order valence-corrected chi connectivity index (χ2v) is 7.56. The third kappa shape index (κ3) is 3.49. The van der Waals surface area contributed by atoms with Gasteiger partial charge in [0.15, 0.2) is 11.5 Å². The van der Waals surface area contributed by atoms with Gasteiger partial charge in [-0.25, -0.2) is 9.97 Å². The molecule has 1 unspecified atom stereocenters. The van der Waals surface area contributed by atoms with Crippen molar-refractivity contribution in [1.29, 1.82) is 0 Å². The standard InChI is InChI=1S/C20H28N6O2/c1-14(2)17(27-4)13-25-12-16(11-22-25)18-15(3)23-20-19(21-5-6-26(18)20)24-7-9-28-10-8-24/h5-6,11-12,14,17H,7-10,13H2,1-4H3. The van der Waals surface area contributed by atoms with Gasteiger partial charge in [0.25, 0.3) is 0 Å². The molecule has 3 aromatic heterocycles. The SMILES string of the molecule is COC(Cn1cc(-c2c(C)nc3c(N4CCOCC4)nccn23)cn1)C(C)C. The molecular weight excluding hydrogens is 356 g/mol. The Hall–Kier alpha value is -2.45. The molecule has 1 aliphatic rings. The van der Waals surface area contributed by atoms with Gasteiger partial charge in [-0.15, -0.1) is 0 Å². The van der Waals surface area contributed by atoms with Crippen LogP contribution in [0.3, 0.4) is 0 Å². The summed E-state index contributed by atoms with van der Waals surface area (Å²) in [7, 11) is 1.75. The van der Waals surface area contributed by atoms with Crippen LogP contribution in [0.15, 0.2) is 24.8 Å². The molecule has 0 bridgehead atoms. The Morgan fingerprint density at radius 1 is 1.25 bits per heavy atom. The lowest BCUT2D eigenvalue weighted by Gasteiger charge is -2.27. The van der Waals surface area contributed by atoms with Crippen molar-refractivity contribution >= 4 is 11.5 Å². The summed E-state index contributed by atoms with van der Waals surface area (Å²) in [6.45, 7) is 10.2. The second kappa shape index (κ2) is 7.89. The maximum absolute atomic E-state index is 5.59. The second-order valence-electron chi connectivity index (χ2n) is 7.56. The maximum atomic E-state index is 5.59. The molecule has 28 heavy (non-hydrogen) atoms. The highest BCUT2D eigenvalue weighted by Gasteiger charge is 2.21. The lowest BCUT2D eigenvalue weighted by Crippen LogP contribution is -2.37. The molecule has 0 spiro atoms. The first-order valence-electron chi connectivity index (χ1n) is 9.80. The van der Waals surface area contributed by atoms with Gasteiger partial charge in [0, 0.05) is 44.4 Å². The van der Waals surface area contributed by atoms with Crippen LogP contribution in [0.2, 0.25) is 0 Å². The van der Waals surface area contributed by atoms with Crippen LogP contribution in [0, 0.1) is 12.8 Å². The summed E-state index contributed by atoms with van der Waals surface area (Å²) in [6.07, 6.45) is 7.91. The van der Waals surface area contributed by atoms with E-state index in [-0.39, 0.29) is 6.10 Å². The first-order chi connectivity index (χ1) is 13.6. The Balaban J connectivity index is 1.69. The molecule has 8 nitrogen and oxygen atoms in total. The molecule has 1 fully saturated rings. The highest BCUT2D eigenvalue weighted by molar-refractivity contribution is 5.73. The summed E-state index contributed by atoms with van der Waals surface area (Å²) in [5.74, 6) is 1.34. The Morgan fingerprint density at radius 2 is 2.04 bits per heavy atom. The third-order valence-electron chi connectivity index (χ3n) is 5.33. The van der Waals surface area contributed by atoms with Crippen molar-refractivity contribution in [2.24, 2.45) is 5.92 Å². The van der Waals surface area contributed by atoms with Crippen LogP contribution in [0.4, 0.5) is 5.82 Å². The van der Waals surface area contributed by atoms with Crippen LogP contribution in [0.1, 0.15) is 19.5 Å². The lowest BCUT2D eigenvalue weighted by atomic mass is 10.1. The number of ether oxygens (including phenoxy) is 2. The minimum absolute atomic E-state index is 0.133. The van der Waals surface area contributed by atoms with E-state index in [1.165, 1.54) is 0 Å². The van der Waals surface area contributed by atoms with E-state index in [2.05, 4.69) is 39.4 Å². The van der Waals surface area contributed by atoms with Gasteiger partial charge in [-0.1, -0.05) is 13.8 Å². The number of hydrogen-bond donors (Lipinski definition) is 0. The van der Waals surface area contributed by atoms with E-state index < -0.39 is 0 Å². The number of nitrogens with zero attached hydrogens (tertiary/aromatic N) is 6. The van der Waals surface area contributed by atoms with Crippen LogP contribution < -0.4 is 4.90 Å². The molecule has 0 aromatic carbocycles. The van der Waals surface area contributed by atoms with Gasteiger partial charge in [-0.05, 0) is 12.8 Å². The number of anilines is 1. The summed E-state index contributed by atoms with van der Waals surface area (Å²) < 4.78 is 15.1. The Kier molecular flexibility index (Phi) is 5.32. The van der Waals surface area contributed by atoms with Gasteiger partial charge >= 0.3 is 0 Å². The van der Waals surface area contributed by atoms with E-state index in [0.29, 0.717) is 5.92 Å². The van der Waals surface area contributed by atoms with Crippen molar-refractivity contribution in [3.63, 3.8) is 0 Å². The molecule has 8 heteroatoms. The molecule has 1 saturated heterocycles. The van der Waals surface area contributed by atoms with E-state index in [1.807, 2.05) is 30.2 Å². The van der Waals surface area contributed by atoms with Crippen molar-refractivity contribution < 1.29 is 9.47 Å². The number of methoxy groups -OCH3 is 1. The fourth-order valence-corrected chi connectivity index (χ4v) is 3.75. The number of aryl methyl sites for hydroxylation is 1. The zero-order chi connectivity index (χ0) is 19.7. The number of fused-ring (bicyclic) bond motifs is 1. The Morgan fingerprint density at radius 3 is 2.75 bits per heavy atom. The zero-order valence-electron chi connectivity index (χ0n) is 17.0. The van der Waals surface area contributed by atoms with Gasteiger partial charge in [-0.2, -0.15) is 5.10 Å². The third-order valence-corrected chi connectivity index (χ3v) is 5.33. The first-order valence-corrected chi connectivity index (χ1v) is 9.80. The fraction of sp³-hybridized carbons (Fsp3) is 0.550. The van der Waals surface area contributed by atoms with Crippen LogP contribution in [0.25, 0.3) is 16.9 Å². The van der Waals surface area contributed by atoms with Gasteiger partial charge in [0.05, 0.1) is 43.4 Å². The van der Waals surface area contributed by atoms with Gasteiger partial charge in [-0.3, -0.25) is 9.08 Å². The topological polar surface area (TPSA) is 69.7 Å². The molecule has 0 saturated carbocycles. The number of imidazole rings is 1. The normalized spacial score (nSPS) is 16.2. The summed E-state index contributed by atoms with van der Waals surface area (Å²) in [4.78, 5) is 11.7.